The predicted molar refractivity (Wildman–Crippen MR) is 146 cm³/mol. The molecular weight excluding hydrogens is 408 g/mol. The molecule has 0 saturated heterocycles. The van der Waals surface area contributed by atoms with Crippen LogP contribution in [0.25, 0.3) is 0 Å². The summed E-state index contributed by atoms with van der Waals surface area (Å²) in [5.41, 5.74) is 4.37. The summed E-state index contributed by atoms with van der Waals surface area (Å²) in [5, 5.41) is 0. The number of hydrogen-bond donors (Lipinski definition) is 0. The zero-order valence-electron chi connectivity index (χ0n) is 21.5. The second kappa shape index (κ2) is 8.91. The van der Waals surface area contributed by atoms with E-state index in [0.717, 1.165) is 0 Å². The molecule has 0 aliphatic heterocycles. The van der Waals surface area contributed by atoms with E-state index in [-0.39, 0.29) is 21.7 Å². The lowest BCUT2D eigenvalue weighted by Gasteiger charge is -2.64. The minimum Gasteiger partial charge on any atom is -0.0622 e. The Hall–Kier alpha value is -3.12. The van der Waals surface area contributed by atoms with E-state index in [1.807, 2.05) is 0 Å². The van der Waals surface area contributed by atoms with Crippen LogP contribution in [0.3, 0.4) is 0 Å². The van der Waals surface area contributed by atoms with Gasteiger partial charge in [-0.05, 0) is 33.1 Å². The van der Waals surface area contributed by atoms with E-state index in [9.17, 15) is 0 Å². The fourth-order valence-electron chi connectivity index (χ4n) is 6.81. The van der Waals surface area contributed by atoms with Crippen molar-refractivity contribution in [1.29, 1.82) is 0 Å². The Morgan fingerprint density at radius 2 is 0.471 bits per heavy atom. The summed E-state index contributed by atoms with van der Waals surface area (Å²) >= 11 is 0. The van der Waals surface area contributed by atoms with Gasteiger partial charge in [-0.25, -0.2) is 0 Å². The normalized spacial score (nSPS) is 13.0. The van der Waals surface area contributed by atoms with Gasteiger partial charge in [-0.2, -0.15) is 0 Å². The third kappa shape index (κ3) is 3.52. The molecule has 0 bridgehead atoms. The highest BCUT2D eigenvalue weighted by atomic mass is 14.7. The Bertz CT molecular complexity index is 997. The monoisotopic (exact) mass is 446 g/mol. The van der Waals surface area contributed by atoms with E-state index in [0.29, 0.717) is 0 Å². The topological polar surface area (TPSA) is 0 Å². The molecule has 0 aromatic heterocycles. The summed E-state index contributed by atoms with van der Waals surface area (Å²) < 4.78 is 0. The first kappa shape index (κ1) is 24.0. The molecule has 4 aromatic rings. The molecule has 0 aliphatic rings. The summed E-state index contributed by atoms with van der Waals surface area (Å²) in [4.78, 5) is 0. The van der Waals surface area contributed by atoms with Crippen LogP contribution in [0.15, 0.2) is 121 Å². The summed E-state index contributed by atoms with van der Waals surface area (Å²) in [6, 6.07) is 44.8. The minimum atomic E-state index is -0.372. The quantitative estimate of drug-likeness (QED) is 0.287. The largest absolute Gasteiger partial charge is 0.0622 e. The molecule has 4 rings (SSSR count). The Morgan fingerprint density at radius 3 is 0.618 bits per heavy atom. The first-order chi connectivity index (χ1) is 16.2. The van der Waals surface area contributed by atoms with Crippen molar-refractivity contribution in [3.8, 4) is 0 Å². The van der Waals surface area contributed by atoms with Gasteiger partial charge in [-0.3, -0.25) is 0 Å². The van der Waals surface area contributed by atoms with Crippen LogP contribution < -0.4 is 0 Å². The summed E-state index contributed by atoms with van der Waals surface area (Å²) in [5.74, 6) is 0. The van der Waals surface area contributed by atoms with Crippen LogP contribution in [-0.4, -0.2) is 0 Å². The van der Waals surface area contributed by atoms with Crippen LogP contribution in [0.2, 0.25) is 0 Å². The summed E-state index contributed by atoms with van der Waals surface area (Å²) in [6.07, 6.45) is 0. The minimum absolute atomic E-state index is 0.130. The van der Waals surface area contributed by atoms with Crippen molar-refractivity contribution < 1.29 is 0 Å². The van der Waals surface area contributed by atoms with Crippen molar-refractivity contribution in [1.82, 2.24) is 0 Å². The van der Waals surface area contributed by atoms with Gasteiger partial charge in [0.1, 0.15) is 0 Å². The zero-order chi connectivity index (χ0) is 24.5. The van der Waals surface area contributed by atoms with Crippen LogP contribution in [0.5, 0.6) is 0 Å². The van der Waals surface area contributed by atoms with Crippen molar-refractivity contribution in [2.45, 2.75) is 52.4 Å². The molecule has 0 heteroatoms. The third-order valence-electron chi connectivity index (χ3n) is 7.64. The van der Waals surface area contributed by atoms with Gasteiger partial charge in [0.2, 0.25) is 0 Å². The molecule has 0 amide bonds. The molecule has 0 nitrogen and oxygen atoms in total. The van der Waals surface area contributed by atoms with Gasteiger partial charge in [0.25, 0.3) is 0 Å². The van der Waals surface area contributed by atoms with E-state index in [2.05, 4.69) is 163 Å². The highest BCUT2D eigenvalue weighted by Gasteiger charge is 2.65. The molecule has 34 heavy (non-hydrogen) atoms. The fraction of sp³-hybridized carbons (Fsp3) is 0.294. The lowest BCUT2D eigenvalue weighted by Crippen LogP contribution is -2.63. The Balaban J connectivity index is 2.36. The van der Waals surface area contributed by atoms with Crippen LogP contribution >= 0.6 is 0 Å². The molecular formula is C34H38. The maximum Gasteiger partial charge on any atom is 0.0393 e. The maximum atomic E-state index is 2.42. The molecule has 0 spiro atoms. The van der Waals surface area contributed by atoms with Gasteiger partial charge in [-0.1, -0.05) is 163 Å². The smallest absolute Gasteiger partial charge is 0.0393 e. The van der Waals surface area contributed by atoms with Gasteiger partial charge < -0.3 is 0 Å². The first-order valence-electron chi connectivity index (χ1n) is 12.4. The van der Waals surface area contributed by atoms with Gasteiger partial charge in [-0.15, -0.1) is 0 Å². The van der Waals surface area contributed by atoms with Crippen molar-refractivity contribution in [3.63, 3.8) is 0 Å². The fourth-order valence-corrected chi connectivity index (χ4v) is 6.81. The second-order valence-electron chi connectivity index (χ2n) is 11.5. The number of benzene rings is 4. The van der Waals surface area contributed by atoms with Crippen LogP contribution in [0, 0.1) is 10.8 Å². The van der Waals surface area contributed by atoms with Gasteiger partial charge in [0, 0.05) is 10.8 Å². The van der Waals surface area contributed by atoms with Crippen molar-refractivity contribution >= 4 is 0 Å². The molecule has 0 fully saturated rings. The highest BCUT2D eigenvalue weighted by molar-refractivity contribution is 5.58. The maximum absolute atomic E-state index is 2.42. The van der Waals surface area contributed by atoms with Crippen LogP contribution in [-0.2, 0) is 10.8 Å². The van der Waals surface area contributed by atoms with Crippen molar-refractivity contribution in [2.24, 2.45) is 10.8 Å². The van der Waals surface area contributed by atoms with Gasteiger partial charge >= 0.3 is 0 Å². The number of rotatable bonds is 5. The SMILES string of the molecule is CC(C)(C)C(c1ccccc1)(c1ccccc1)C(c1ccccc1)(c1ccccc1)C(C)(C)C. The van der Waals surface area contributed by atoms with E-state index >= 15 is 0 Å². The van der Waals surface area contributed by atoms with Crippen LogP contribution in [0.4, 0.5) is 0 Å². The van der Waals surface area contributed by atoms with E-state index in [1.165, 1.54) is 22.3 Å². The molecule has 0 N–H and O–H groups in total. The predicted octanol–water partition coefficient (Wildman–Crippen LogP) is 9.05. The summed E-state index contributed by atoms with van der Waals surface area (Å²) in [6.45, 7) is 14.5. The Labute approximate surface area is 206 Å². The molecule has 4 aromatic carbocycles. The summed E-state index contributed by atoms with van der Waals surface area (Å²) in [7, 11) is 0. The standard InChI is InChI=1S/C34H38/c1-31(2,3)33(27-19-11-7-12-20-27,28-21-13-8-14-22-28)34(32(4,5)6,29-23-15-9-16-24-29)30-25-17-10-18-26-30/h7-26H,1-6H3. The second-order valence-corrected chi connectivity index (χ2v) is 11.5. The molecule has 0 unspecified atom stereocenters. The Morgan fingerprint density at radius 1 is 0.294 bits per heavy atom. The molecule has 0 saturated carbocycles. The lowest BCUT2D eigenvalue weighted by atomic mass is 9.38. The Kier molecular flexibility index (Phi) is 6.30. The van der Waals surface area contributed by atoms with E-state index in [1.54, 1.807) is 0 Å². The first-order valence-corrected chi connectivity index (χ1v) is 12.4. The zero-order valence-corrected chi connectivity index (χ0v) is 21.5. The average Bonchev–Trinajstić information content (AvgIpc) is 2.83. The van der Waals surface area contributed by atoms with Crippen molar-refractivity contribution in [2.75, 3.05) is 0 Å². The number of hydrogen-bond acceptors (Lipinski definition) is 0. The van der Waals surface area contributed by atoms with Gasteiger partial charge in [0.05, 0.1) is 0 Å². The average molecular weight is 447 g/mol. The van der Waals surface area contributed by atoms with Crippen LogP contribution in [0.1, 0.15) is 63.8 Å². The third-order valence-corrected chi connectivity index (χ3v) is 7.64. The molecule has 174 valence electrons. The lowest BCUT2D eigenvalue weighted by molar-refractivity contribution is 0.0527. The van der Waals surface area contributed by atoms with E-state index in [4.69, 9.17) is 0 Å². The molecule has 0 aliphatic carbocycles. The highest BCUT2D eigenvalue weighted by Crippen LogP contribution is 2.66. The van der Waals surface area contributed by atoms with Crippen molar-refractivity contribution in [3.05, 3.63) is 144 Å². The molecule has 0 heterocycles. The van der Waals surface area contributed by atoms with Gasteiger partial charge in [0.15, 0.2) is 0 Å². The molecule has 0 atom stereocenters. The molecule has 0 radical (unpaired) electrons. The van der Waals surface area contributed by atoms with E-state index < -0.39 is 0 Å².